The zero-order valence-corrected chi connectivity index (χ0v) is 14.0. The van der Waals surface area contributed by atoms with Gasteiger partial charge in [-0.25, -0.2) is 0 Å². The summed E-state index contributed by atoms with van der Waals surface area (Å²) in [4.78, 5) is 0. The molecule has 0 heterocycles. The number of halogens is 1. The monoisotopic (exact) mass is 334 g/mol. The van der Waals surface area contributed by atoms with E-state index in [1.165, 1.54) is 0 Å². The zero-order valence-electron chi connectivity index (χ0n) is 13.2. The van der Waals surface area contributed by atoms with E-state index < -0.39 is 6.10 Å². The number of nitrogens with one attached hydrogen (secondary N) is 1. The summed E-state index contributed by atoms with van der Waals surface area (Å²) in [6, 6.07) is 15.0. The van der Waals surface area contributed by atoms with Crippen molar-refractivity contribution in [3.8, 4) is 5.75 Å². The molecular formula is C18H23ClN2O2. The molecule has 0 aliphatic carbocycles. The average Bonchev–Trinajstić information content (AvgIpc) is 2.55. The van der Waals surface area contributed by atoms with Crippen molar-refractivity contribution in [2.24, 2.45) is 5.73 Å². The summed E-state index contributed by atoms with van der Waals surface area (Å²) in [6.07, 6.45) is -0.0395. The molecule has 23 heavy (non-hydrogen) atoms. The fourth-order valence-electron chi connectivity index (χ4n) is 2.37. The number of hydrogen-bond donors (Lipinski definition) is 3. The molecule has 0 saturated heterocycles. The van der Waals surface area contributed by atoms with Crippen molar-refractivity contribution in [1.29, 1.82) is 0 Å². The summed E-state index contributed by atoms with van der Waals surface area (Å²) in [5.41, 5.74) is 8.19. The minimum Gasteiger partial charge on any atom is -0.497 e. The van der Waals surface area contributed by atoms with E-state index in [0.29, 0.717) is 24.5 Å². The van der Waals surface area contributed by atoms with Crippen molar-refractivity contribution in [1.82, 2.24) is 5.32 Å². The Labute approximate surface area is 142 Å². The van der Waals surface area contributed by atoms with Gasteiger partial charge < -0.3 is 20.9 Å². The van der Waals surface area contributed by atoms with Crippen molar-refractivity contribution in [2.75, 3.05) is 13.7 Å². The zero-order chi connectivity index (χ0) is 16.7. The van der Waals surface area contributed by atoms with Gasteiger partial charge in [0, 0.05) is 24.2 Å². The molecule has 0 aliphatic rings. The molecule has 0 spiro atoms. The molecule has 2 rings (SSSR count). The van der Waals surface area contributed by atoms with Crippen LogP contribution in [0.2, 0.25) is 5.02 Å². The molecule has 0 unspecified atom stereocenters. The van der Waals surface area contributed by atoms with Crippen molar-refractivity contribution in [3.63, 3.8) is 0 Å². The maximum Gasteiger partial charge on any atom is 0.119 e. The third-order valence-corrected chi connectivity index (χ3v) is 3.91. The summed E-state index contributed by atoms with van der Waals surface area (Å²) in [5, 5.41) is 14.1. The molecule has 4 nitrogen and oxygen atoms in total. The lowest BCUT2D eigenvalue weighted by atomic mass is 10.0. The number of nitrogens with two attached hydrogens (primary N) is 1. The highest BCUT2D eigenvalue weighted by atomic mass is 35.5. The van der Waals surface area contributed by atoms with E-state index in [9.17, 15) is 5.11 Å². The van der Waals surface area contributed by atoms with Crippen molar-refractivity contribution >= 4 is 11.6 Å². The molecular weight excluding hydrogens is 312 g/mol. The van der Waals surface area contributed by atoms with E-state index in [-0.39, 0.29) is 6.04 Å². The summed E-state index contributed by atoms with van der Waals surface area (Å²) in [5.74, 6) is 0.822. The van der Waals surface area contributed by atoms with E-state index in [1.54, 1.807) is 7.11 Å². The summed E-state index contributed by atoms with van der Waals surface area (Å²) >= 11 is 5.96. The lowest BCUT2D eigenvalue weighted by Crippen LogP contribution is -2.43. The third-order valence-electron chi connectivity index (χ3n) is 3.67. The lowest BCUT2D eigenvalue weighted by Gasteiger charge is -2.19. The summed E-state index contributed by atoms with van der Waals surface area (Å²) in [6.45, 7) is 1.08. The van der Waals surface area contributed by atoms with Crippen LogP contribution in [0.25, 0.3) is 0 Å². The summed E-state index contributed by atoms with van der Waals surface area (Å²) < 4.78 is 5.19. The highest BCUT2D eigenvalue weighted by molar-refractivity contribution is 6.30. The first-order chi connectivity index (χ1) is 11.1. The Balaban J connectivity index is 1.78. The average molecular weight is 335 g/mol. The predicted octanol–water partition coefficient (Wildman–Crippen LogP) is 2.37. The van der Waals surface area contributed by atoms with Crippen LogP contribution in [0, 0.1) is 0 Å². The number of hydrogen-bond acceptors (Lipinski definition) is 4. The van der Waals surface area contributed by atoms with Gasteiger partial charge in [-0.05, 0) is 41.8 Å². The molecule has 0 saturated carbocycles. The third kappa shape index (κ3) is 5.84. The van der Waals surface area contributed by atoms with Crippen LogP contribution in [0.4, 0.5) is 0 Å². The normalized spacial score (nSPS) is 13.6. The molecule has 0 aromatic heterocycles. The topological polar surface area (TPSA) is 67.5 Å². The molecule has 124 valence electrons. The van der Waals surface area contributed by atoms with Gasteiger partial charge in [-0.15, -0.1) is 0 Å². The van der Waals surface area contributed by atoms with E-state index in [1.807, 2.05) is 48.5 Å². The number of methoxy groups -OCH3 is 1. The quantitative estimate of drug-likeness (QED) is 0.693. The number of ether oxygens (including phenoxy) is 1. The maximum absolute atomic E-state index is 10.2. The largest absolute Gasteiger partial charge is 0.497 e. The highest BCUT2D eigenvalue weighted by Gasteiger charge is 2.15. The molecule has 0 aliphatic heterocycles. The van der Waals surface area contributed by atoms with Crippen LogP contribution in [0.15, 0.2) is 48.5 Å². The molecule has 2 aromatic carbocycles. The van der Waals surface area contributed by atoms with E-state index in [0.717, 1.165) is 16.9 Å². The van der Waals surface area contributed by atoms with Gasteiger partial charge in [0.05, 0.1) is 13.2 Å². The highest BCUT2D eigenvalue weighted by Crippen LogP contribution is 2.13. The molecule has 5 heteroatoms. The predicted molar refractivity (Wildman–Crippen MR) is 93.8 cm³/mol. The Morgan fingerprint density at radius 1 is 1.17 bits per heavy atom. The number of rotatable bonds is 8. The van der Waals surface area contributed by atoms with Gasteiger partial charge >= 0.3 is 0 Å². The van der Waals surface area contributed by atoms with Gasteiger partial charge in [0.25, 0.3) is 0 Å². The molecule has 0 fully saturated rings. The van der Waals surface area contributed by atoms with Gasteiger partial charge in [0.2, 0.25) is 0 Å². The minimum atomic E-state index is -0.625. The van der Waals surface area contributed by atoms with Crippen molar-refractivity contribution < 1.29 is 9.84 Å². The van der Waals surface area contributed by atoms with Crippen LogP contribution in [-0.2, 0) is 13.0 Å². The SMILES string of the molecule is COc1cccc(CNC[C@@H](O)[C@@H](N)Cc2cccc(Cl)c2)c1. The second-order valence-electron chi connectivity index (χ2n) is 5.55. The van der Waals surface area contributed by atoms with Crippen LogP contribution < -0.4 is 15.8 Å². The Morgan fingerprint density at radius 2 is 1.91 bits per heavy atom. The van der Waals surface area contributed by atoms with Crippen LogP contribution in [-0.4, -0.2) is 30.9 Å². The summed E-state index contributed by atoms with van der Waals surface area (Å²) in [7, 11) is 1.64. The number of benzene rings is 2. The first-order valence-electron chi connectivity index (χ1n) is 7.60. The van der Waals surface area contributed by atoms with Gasteiger partial charge in [0.15, 0.2) is 0 Å². The fraction of sp³-hybridized carbons (Fsp3) is 0.333. The Bertz CT molecular complexity index is 621. The van der Waals surface area contributed by atoms with Gasteiger partial charge in [-0.1, -0.05) is 35.9 Å². The Hall–Kier alpha value is -1.59. The van der Waals surface area contributed by atoms with Crippen molar-refractivity contribution in [2.45, 2.75) is 25.1 Å². The van der Waals surface area contributed by atoms with Crippen LogP contribution >= 0.6 is 11.6 Å². The first-order valence-corrected chi connectivity index (χ1v) is 7.98. The minimum absolute atomic E-state index is 0.341. The Kier molecular flexibility index (Phi) is 6.86. The standard InChI is InChI=1S/C18H23ClN2O2/c1-23-16-7-3-5-14(9-16)11-21-12-18(22)17(20)10-13-4-2-6-15(19)8-13/h2-9,17-18,21-22H,10-12,20H2,1H3/t17-,18+/m0/s1. The van der Waals surface area contributed by atoms with Crippen LogP contribution in [0.5, 0.6) is 5.75 Å². The van der Waals surface area contributed by atoms with Crippen LogP contribution in [0.3, 0.4) is 0 Å². The second-order valence-corrected chi connectivity index (χ2v) is 5.98. The van der Waals surface area contributed by atoms with Gasteiger partial charge in [0.1, 0.15) is 5.75 Å². The number of aliphatic hydroxyl groups excluding tert-OH is 1. The fourth-order valence-corrected chi connectivity index (χ4v) is 2.58. The van der Waals surface area contributed by atoms with Crippen molar-refractivity contribution in [3.05, 3.63) is 64.7 Å². The molecule has 4 N–H and O–H groups in total. The van der Waals surface area contributed by atoms with Gasteiger partial charge in [-0.3, -0.25) is 0 Å². The van der Waals surface area contributed by atoms with E-state index in [4.69, 9.17) is 22.1 Å². The molecule has 0 amide bonds. The molecule has 2 aromatic rings. The Morgan fingerprint density at radius 3 is 2.65 bits per heavy atom. The van der Waals surface area contributed by atoms with E-state index >= 15 is 0 Å². The second kappa shape index (κ2) is 8.89. The molecule has 0 radical (unpaired) electrons. The maximum atomic E-state index is 10.2. The molecule has 0 bridgehead atoms. The molecule has 2 atom stereocenters. The van der Waals surface area contributed by atoms with Gasteiger partial charge in [-0.2, -0.15) is 0 Å². The van der Waals surface area contributed by atoms with E-state index in [2.05, 4.69) is 5.32 Å². The number of aliphatic hydroxyl groups is 1. The smallest absolute Gasteiger partial charge is 0.119 e. The lowest BCUT2D eigenvalue weighted by molar-refractivity contribution is 0.141. The first kappa shape index (κ1) is 17.8. The van der Waals surface area contributed by atoms with Crippen LogP contribution in [0.1, 0.15) is 11.1 Å².